The van der Waals surface area contributed by atoms with E-state index in [0.29, 0.717) is 17.0 Å². The highest BCUT2D eigenvalue weighted by Gasteiger charge is 2.13. The quantitative estimate of drug-likeness (QED) is 0.626. The van der Waals surface area contributed by atoms with E-state index in [-0.39, 0.29) is 0 Å². The molecule has 0 aliphatic rings. The predicted octanol–water partition coefficient (Wildman–Crippen LogP) is 2.19. The molecule has 0 bridgehead atoms. The van der Waals surface area contributed by atoms with Crippen LogP contribution in [0.3, 0.4) is 0 Å². The zero-order valence-corrected chi connectivity index (χ0v) is 10.6. The van der Waals surface area contributed by atoms with Gasteiger partial charge in [-0.1, -0.05) is 0 Å². The Balaban J connectivity index is 2.50. The van der Waals surface area contributed by atoms with E-state index >= 15 is 0 Å². The number of nitrogens with zero attached hydrogens (tertiary/aromatic N) is 1. The fraction of sp³-hybridized carbons (Fsp3) is 0.143. The number of benzene rings is 1. The molecule has 0 spiro atoms. The second-order valence-electron chi connectivity index (χ2n) is 3.86. The Morgan fingerprint density at radius 1 is 1.16 bits per heavy atom. The number of hydrogen-bond donors (Lipinski definition) is 0. The zero-order chi connectivity index (χ0) is 13.8. The van der Waals surface area contributed by atoms with Gasteiger partial charge in [-0.2, -0.15) is 0 Å². The lowest BCUT2D eigenvalue weighted by Gasteiger charge is -2.11. The molecule has 0 saturated carbocycles. The molecule has 5 nitrogen and oxygen atoms in total. The standard InChI is InChI=1S/C14H13NO4/c1-10(16)19-13-6-5-11(14(17)18-2)9-12(13)15-7-3-4-8-15/h3-9H,1-2H3. The molecular weight excluding hydrogens is 246 g/mol. The molecule has 2 aromatic rings. The van der Waals surface area contributed by atoms with Gasteiger partial charge in [-0.25, -0.2) is 4.79 Å². The van der Waals surface area contributed by atoms with Crippen LogP contribution in [0, 0.1) is 0 Å². The summed E-state index contributed by atoms with van der Waals surface area (Å²) in [5.74, 6) is -0.474. The Kier molecular flexibility index (Phi) is 3.66. The molecule has 1 aromatic carbocycles. The summed E-state index contributed by atoms with van der Waals surface area (Å²) in [4.78, 5) is 22.6. The average Bonchev–Trinajstić information content (AvgIpc) is 2.91. The summed E-state index contributed by atoms with van der Waals surface area (Å²) >= 11 is 0. The third-order valence-corrected chi connectivity index (χ3v) is 2.52. The van der Waals surface area contributed by atoms with Crippen molar-refractivity contribution >= 4 is 11.9 Å². The van der Waals surface area contributed by atoms with Gasteiger partial charge in [-0.15, -0.1) is 0 Å². The van der Waals surface area contributed by atoms with E-state index in [1.807, 2.05) is 12.1 Å². The van der Waals surface area contributed by atoms with E-state index in [2.05, 4.69) is 4.74 Å². The fourth-order valence-corrected chi connectivity index (χ4v) is 1.70. The van der Waals surface area contributed by atoms with Crippen LogP contribution in [0.5, 0.6) is 5.75 Å². The second kappa shape index (κ2) is 5.39. The Labute approximate surface area is 110 Å². The van der Waals surface area contributed by atoms with Crippen LogP contribution in [0.25, 0.3) is 5.69 Å². The van der Waals surface area contributed by atoms with Crippen LogP contribution in [-0.4, -0.2) is 23.6 Å². The minimum atomic E-state index is -0.442. The number of aromatic nitrogens is 1. The van der Waals surface area contributed by atoms with Gasteiger partial charge in [-0.05, 0) is 30.3 Å². The summed E-state index contributed by atoms with van der Waals surface area (Å²) in [5.41, 5.74) is 0.991. The van der Waals surface area contributed by atoms with E-state index in [9.17, 15) is 9.59 Å². The normalized spacial score (nSPS) is 10.0. The van der Waals surface area contributed by atoms with Gasteiger partial charge < -0.3 is 14.0 Å². The van der Waals surface area contributed by atoms with Gasteiger partial charge in [0, 0.05) is 19.3 Å². The number of esters is 2. The summed E-state index contributed by atoms with van der Waals surface area (Å²) in [6.07, 6.45) is 3.59. The number of hydrogen-bond acceptors (Lipinski definition) is 4. The summed E-state index contributed by atoms with van der Waals surface area (Å²) in [6, 6.07) is 8.41. The van der Waals surface area contributed by atoms with Gasteiger partial charge in [0.2, 0.25) is 0 Å². The monoisotopic (exact) mass is 259 g/mol. The minimum Gasteiger partial charge on any atom is -0.465 e. The van der Waals surface area contributed by atoms with Crippen LogP contribution in [0.4, 0.5) is 0 Å². The molecular formula is C14H13NO4. The molecule has 0 aliphatic carbocycles. The van der Waals surface area contributed by atoms with Crippen molar-refractivity contribution in [1.29, 1.82) is 0 Å². The van der Waals surface area contributed by atoms with Crippen molar-refractivity contribution in [3.63, 3.8) is 0 Å². The SMILES string of the molecule is COC(=O)c1ccc(OC(C)=O)c(-n2cccc2)c1. The van der Waals surface area contributed by atoms with Crippen LogP contribution in [0.15, 0.2) is 42.7 Å². The van der Waals surface area contributed by atoms with E-state index in [1.54, 1.807) is 35.2 Å². The fourth-order valence-electron chi connectivity index (χ4n) is 1.70. The Hall–Kier alpha value is -2.56. The van der Waals surface area contributed by atoms with Crippen LogP contribution in [-0.2, 0) is 9.53 Å². The largest absolute Gasteiger partial charge is 0.465 e. The molecule has 0 unspecified atom stereocenters. The van der Waals surface area contributed by atoms with Gasteiger partial charge in [0.1, 0.15) is 0 Å². The second-order valence-corrected chi connectivity index (χ2v) is 3.86. The Bertz CT molecular complexity index is 602. The molecule has 0 saturated heterocycles. The van der Waals surface area contributed by atoms with Gasteiger partial charge >= 0.3 is 11.9 Å². The summed E-state index contributed by atoms with van der Waals surface area (Å²) < 4.78 is 11.6. The van der Waals surface area contributed by atoms with Crippen molar-refractivity contribution in [2.75, 3.05) is 7.11 Å². The van der Waals surface area contributed by atoms with Gasteiger partial charge in [0.25, 0.3) is 0 Å². The molecule has 1 heterocycles. The van der Waals surface area contributed by atoms with E-state index in [4.69, 9.17) is 4.74 Å². The molecule has 0 amide bonds. The highest BCUT2D eigenvalue weighted by Crippen LogP contribution is 2.25. The summed E-state index contributed by atoms with van der Waals surface area (Å²) in [5, 5.41) is 0. The maximum absolute atomic E-state index is 11.5. The molecule has 2 rings (SSSR count). The number of ether oxygens (including phenoxy) is 2. The van der Waals surface area contributed by atoms with Crippen molar-refractivity contribution < 1.29 is 19.1 Å². The van der Waals surface area contributed by atoms with E-state index < -0.39 is 11.9 Å². The summed E-state index contributed by atoms with van der Waals surface area (Å²) in [6.45, 7) is 1.33. The molecule has 19 heavy (non-hydrogen) atoms. The minimum absolute atomic E-state index is 0.386. The van der Waals surface area contributed by atoms with E-state index in [1.165, 1.54) is 14.0 Å². The van der Waals surface area contributed by atoms with Crippen molar-refractivity contribution in [2.24, 2.45) is 0 Å². The Morgan fingerprint density at radius 3 is 2.42 bits per heavy atom. The number of methoxy groups -OCH3 is 1. The third kappa shape index (κ3) is 2.82. The lowest BCUT2D eigenvalue weighted by Crippen LogP contribution is -2.07. The molecule has 98 valence electrons. The highest BCUT2D eigenvalue weighted by molar-refractivity contribution is 5.90. The molecule has 0 radical (unpaired) electrons. The first-order valence-electron chi connectivity index (χ1n) is 5.66. The first-order valence-corrected chi connectivity index (χ1v) is 5.66. The van der Waals surface area contributed by atoms with Crippen LogP contribution in [0.1, 0.15) is 17.3 Å². The number of carbonyl (C=O) groups is 2. The maximum atomic E-state index is 11.5. The topological polar surface area (TPSA) is 57.5 Å². The van der Waals surface area contributed by atoms with Crippen LogP contribution in [0.2, 0.25) is 0 Å². The smallest absolute Gasteiger partial charge is 0.337 e. The molecule has 1 aromatic heterocycles. The third-order valence-electron chi connectivity index (χ3n) is 2.52. The molecule has 0 atom stereocenters. The number of rotatable bonds is 3. The first-order chi connectivity index (χ1) is 9.11. The average molecular weight is 259 g/mol. The predicted molar refractivity (Wildman–Crippen MR) is 68.4 cm³/mol. The lowest BCUT2D eigenvalue weighted by molar-refractivity contribution is -0.131. The van der Waals surface area contributed by atoms with Crippen molar-refractivity contribution in [1.82, 2.24) is 4.57 Å². The Morgan fingerprint density at radius 2 is 1.84 bits per heavy atom. The zero-order valence-electron chi connectivity index (χ0n) is 10.6. The first kappa shape index (κ1) is 12.9. The van der Waals surface area contributed by atoms with Crippen molar-refractivity contribution in [3.05, 3.63) is 48.3 Å². The molecule has 0 aliphatic heterocycles. The van der Waals surface area contributed by atoms with Crippen molar-refractivity contribution in [3.8, 4) is 11.4 Å². The molecule has 5 heteroatoms. The molecule has 0 fully saturated rings. The van der Waals surface area contributed by atoms with Crippen LogP contribution < -0.4 is 4.74 Å². The van der Waals surface area contributed by atoms with E-state index in [0.717, 1.165) is 0 Å². The summed E-state index contributed by atoms with van der Waals surface area (Å²) in [7, 11) is 1.32. The maximum Gasteiger partial charge on any atom is 0.337 e. The van der Waals surface area contributed by atoms with Crippen molar-refractivity contribution in [2.45, 2.75) is 6.92 Å². The van der Waals surface area contributed by atoms with Crippen LogP contribution >= 0.6 is 0 Å². The van der Waals surface area contributed by atoms with Gasteiger partial charge in [0.05, 0.1) is 18.4 Å². The highest BCUT2D eigenvalue weighted by atomic mass is 16.5. The number of carbonyl (C=O) groups excluding carboxylic acids is 2. The van der Waals surface area contributed by atoms with Gasteiger partial charge in [0.15, 0.2) is 5.75 Å². The molecule has 0 N–H and O–H groups in total. The lowest BCUT2D eigenvalue weighted by atomic mass is 10.2. The van der Waals surface area contributed by atoms with Gasteiger partial charge in [-0.3, -0.25) is 4.79 Å².